The summed E-state index contributed by atoms with van der Waals surface area (Å²) in [5.41, 5.74) is 2.76. The lowest BCUT2D eigenvalue weighted by molar-refractivity contribution is -0.0627. The summed E-state index contributed by atoms with van der Waals surface area (Å²) in [6.45, 7) is 10.2. The van der Waals surface area contributed by atoms with E-state index in [0.29, 0.717) is 6.61 Å². The molecule has 5 heteroatoms. The van der Waals surface area contributed by atoms with E-state index in [0.717, 1.165) is 32.4 Å². The zero-order valence-electron chi connectivity index (χ0n) is 23.8. The maximum Gasteiger partial charge on any atom is 0.412 e. The summed E-state index contributed by atoms with van der Waals surface area (Å²) in [5, 5.41) is 0. The van der Waals surface area contributed by atoms with E-state index in [4.69, 9.17) is 9.47 Å². The van der Waals surface area contributed by atoms with Crippen LogP contribution in [0.25, 0.3) is 0 Å². The van der Waals surface area contributed by atoms with Gasteiger partial charge in [0.2, 0.25) is 0 Å². The molecule has 0 bridgehead atoms. The largest absolute Gasteiger partial charge is 0.446 e. The molecule has 5 nitrogen and oxygen atoms in total. The van der Waals surface area contributed by atoms with Crippen molar-refractivity contribution in [2.45, 2.75) is 83.5 Å². The van der Waals surface area contributed by atoms with Crippen LogP contribution in [0.15, 0.2) is 91.0 Å². The van der Waals surface area contributed by atoms with Crippen molar-refractivity contribution in [2.75, 3.05) is 6.61 Å². The van der Waals surface area contributed by atoms with Crippen molar-refractivity contribution in [3.63, 3.8) is 0 Å². The van der Waals surface area contributed by atoms with Crippen LogP contribution in [0.2, 0.25) is 0 Å². The van der Waals surface area contributed by atoms with Crippen molar-refractivity contribution in [1.29, 1.82) is 0 Å². The van der Waals surface area contributed by atoms with Crippen LogP contribution in [-0.4, -0.2) is 45.9 Å². The second kappa shape index (κ2) is 11.5. The molecule has 206 valence electrons. The molecule has 0 unspecified atom stereocenters. The first-order valence-corrected chi connectivity index (χ1v) is 14.2. The van der Waals surface area contributed by atoms with Crippen LogP contribution in [0.1, 0.15) is 57.2 Å². The van der Waals surface area contributed by atoms with E-state index in [9.17, 15) is 4.79 Å². The average molecular weight is 527 g/mol. The Bertz CT molecular complexity index is 1160. The third kappa shape index (κ3) is 6.37. The van der Waals surface area contributed by atoms with Gasteiger partial charge in [0.15, 0.2) is 0 Å². The van der Waals surface area contributed by atoms with Gasteiger partial charge in [-0.05, 0) is 63.6 Å². The van der Waals surface area contributed by atoms with Crippen LogP contribution in [-0.2, 0) is 29.0 Å². The zero-order valence-corrected chi connectivity index (χ0v) is 23.8. The van der Waals surface area contributed by atoms with Crippen LogP contribution in [0, 0.1) is 5.92 Å². The van der Waals surface area contributed by atoms with Gasteiger partial charge in [-0.1, -0.05) is 91.0 Å². The summed E-state index contributed by atoms with van der Waals surface area (Å²) < 4.78 is 12.4. The van der Waals surface area contributed by atoms with E-state index >= 15 is 0 Å². The highest BCUT2D eigenvalue weighted by Gasteiger charge is 2.51. The maximum atomic E-state index is 13.7. The molecule has 1 aliphatic carbocycles. The average Bonchev–Trinajstić information content (AvgIpc) is 3.40. The molecule has 2 fully saturated rings. The van der Waals surface area contributed by atoms with Gasteiger partial charge in [0, 0.05) is 25.0 Å². The van der Waals surface area contributed by atoms with E-state index in [1.807, 2.05) is 27.7 Å². The minimum Gasteiger partial charge on any atom is -0.446 e. The lowest BCUT2D eigenvalue weighted by Gasteiger charge is -2.39. The molecular weight excluding hydrogens is 484 g/mol. The van der Waals surface area contributed by atoms with Crippen LogP contribution >= 0.6 is 0 Å². The molecular formula is C34H42N2O3. The molecule has 1 amide bonds. The summed E-state index contributed by atoms with van der Waals surface area (Å²) in [5.74, 6) is 0.179. The first kappa shape index (κ1) is 27.4. The number of rotatable bonds is 8. The highest BCUT2D eigenvalue weighted by Crippen LogP contribution is 2.40. The Hall–Kier alpha value is -3.15. The SMILES string of the molecule is CC1(C)COC(C)(C)N1C(=O)O[C@@H]1CC[C@H](N(Cc2ccccc2)Cc2ccccc2)[C@H]1Cc1ccccc1. The molecule has 0 radical (unpaired) electrons. The summed E-state index contributed by atoms with van der Waals surface area (Å²) in [7, 11) is 0. The van der Waals surface area contributed by atoms with E-state index in [1.165, 1.54) is 16.7 Å². The first-order chi connectivity index (χ1) is 18.7. The summed E-state index contributed by atoms with van der Waals surface area (Å²) in [6.07, 6.45) is 2.27. The van der Waals surface area contributed by atoms with Crippen LogP contribution in [0.4, 0.5) is 4.79 Å². The number of carbonyl (C=O) groups is 1. The summed E-state index contributed by atoms with van der Waals surface area (Å²) in [6, 6.07) is 32.3. The van der Waals surface area contributed by atoms with E-state index < -0.39 is 11.3 Å². The zero-order chi connectivity index (χ0) is 27.5. The van der Waals surface area contributed by atoms with Gasteiger partial charge in [0.05, 0.1) is 12.1 Å². The highest BCUT2D eigenvalue weighted by atomic mass is 16.6. The Kier molecular flexibility index (Phi) is 8.11. The third-order valence-electron chi connectivity index (χ3n) is 8.32. The second-order valence-corrected chi connectivity index (χ2v) is 12.2. The number of ether oxygens (including phenoxy) is 2. The Morgan fingerprint density at radius 2 is 1.33 bits per heavy atom. The molecule has 5 rings (SSSR count). The van der Waals surface area contributed by atoms with Gasteiger partial charge in [-0.15, -0.1) is 0 Å². The van der Waals surface area contributed by atoms with Crippen molar-refractivity contribution in [3.8, 4) is 0 Å². The van der Waals surface area contributed by atoms with Gasteiger partial charge in [0.25, 0.3) is 0 Å². The number of hydrogen-bond donors (Lipinski definition) is 0. The smallest absolute Gasteiger partial charge is 0.412 e. The fourth-order valence-electron chi connectivity index (χ4n) is 6.55. The summed E-state index contributed by atoms with van der Waals surface area (Å²) in [4.78, 5) is 18.1. The van der Waals surface area contributed by atoms with Crippen molar-refractivity contribution in [1.82, 2.24) is 9.80 Å². The highest BCUT2D eigenvalue weighted by molar-refractivity contribution is 5.70. The quantitative estimate of drug-likeness (QED) is 0.315. The van der Waals surface area contributed by atoms with E-state index in [1.54, 1.807) is 4.90 Å². The third-order valence-corrected chi connectivity index (χ3v) is 8.32. The molecule has 3 atom stereocenters. The van der Waals surface area contributed by atoms with Gasteiger partial charge in [-0.3, -0.25) is 9.80 Å². The van der Waals surface area contributed by atoms with E-state index in [-0.39, 0.29) is 24.2 Å². The molecule has 39 heavy (non-hydrogen) atoms. The summed E-state index contributed by atoms with van der Waals surface area (Å²) >= 11 is 0. The number of nitrogens with zero attached hydrogens (tertiary/aromatic N) is 2. The van der Waals surface area contributed by atoms with Gasteiger partial charge < -0.3 is 9.47 Å². The lowest BCUT2D eigenvalue weighted by Crippen LogP contribution is -2.54. The molecule has 3 aromatic carbocycles. The lowest BCUT2D eigenvalue weighted by atomic mass is 9.91. The van der Waals surface area contributed by atoms with Crippen LogP contribution < -0.4 is 0 Å². The number of benzene rings is 3. The Morgan fingerprint density at radius 3 is 1.82 bits per heavy atom. The molecule has 1 saturated heterocycles. The van der Waals surface area contributed by atoms with Crippen molar-refractivity contribution in [3.05, 3.63) is 108 Å². The van der Waals surface area contributed by atoms with E-state index in [2.05, 4.69) is 95.9 Å². The van der Waals surface area contributed by atoms with Gasteiger partial charge in [-0.2, -0.15) is 0 Å². The Labute approximate surface area is 233 Å². The molecule has 2 aliphatic rings. The molecule has 0 aromatic heterocycles. The molecule has 1 saturated carbocycles. The Balaban J connectivity index is 1.43. The number of hydrogen-bond acceptors (Lipinski definition) is 4. The monoisotopic (exact) mass is 526 g/mol. The topological polar surface area (TPSA) is 42.0 Å². The first-order valence-electron chi connectivity index (χ1n) is 14.2. The second-order valence-electron chi connectivity index (χ2n) is 12.2. The van der Waals surface area contributed by atoms with Crippen molar-refractivity contribution >= 4 is 6.09 Å². The minimum absolute atomic E-state index is 0.163. The number of amides is 1. The fraction of sp³-hybridized carbons (Fsp3) is 0.441. The van der Waals surface area contributed by atoms with Crippen molar-refractivity contribution in [2.24, 2.45) is 5.92 Å². The van der Waals surface area contributed by atoms with Crippen LogP contribution in [0.3, 0.4) is 0 Å². The molecule has 0 N–H and O–H groups in total. The number of carbonyl (C=O) groups excluding carboxylic acids is 1. The van der Waals surface area contributed by atoms with Gasteiger partial charge in [-0.25, -0.2) is 4.79 Å². The van der Waals surface area contributed by atoms with Crippen molar-refractivity contribution < 1.29 is 14.3 Å². The molecule has 0 spiro atoms. The van der Waals surface area contributed by atoms with Gasteiger partial charge in [0.1, 0.15) is 11.8 Å². The maximum absolute atomic E-state index is 13.7. The van der Waals surface area contributed by atoms with Gasteiger partial charge >= 0.3 is 6.09 Å². The minimum atomic E-state index is -0.694. The Morgan fingerprint density at radius 1 is 0.821 bits per heavy atom. The predicted molar refractivity (Wildman–Crippen MR) is 155 cm³/mol. The predicted octanol–water partition coefficient (Wildman–Crippen LogP) is 7.06. The molecule has 1 aliphatic heterocycles. The fourth-order valence-corrected chi connectivity index (χ4v) is 6.55. The molecule has 3 aromatic rings. The van der Waals surface area contributed by atoms with Crippen LogP contribution in [0.5, 0.6) is 0 Å². The standard InChI is InChI=1S/C34H42N2O3/c1-33(2)25-38-34(3,4)36(33)32(37)39-31-21-20-30(29(31)22-26-14-8-5-9-15-26)35(23-27-16-10-6-11-17-27)24-28-18-12-7-13-19-28/h5-19,29-31H,20-25H2,1-4H3/t29-,30+,31-/m1/s1. The normalized spacial score (nSPS) is 23.7. The molecule has 1 heterocycles.